The highest BCUT2D eigenvalue weighted by Crippen LogP contribution is 2.28. The summed E-state index contributed by atoms with van der Waals surface area (Å²) < 4.78 is 0. The van der Waals surface area contributed by atoms with Gasteiger partial charge >= 0.3 is 5.97 Å². The second-order valence-electron chi connectivity index (χ2n) is 5.04. The van der Waals surface area contributed by atoms with Gasteiger partial charge in [-0.25, -0.2) is 0 Å². The Labute approximate surface area is 101 Å². The van der Waals surface area contributed by atoms with E-state index in [9.17, 15) is 9.59 Å². The molecule has 96 valence electrons. The van der Waals surface area contributed by atoms with E-state index in [0.29, 0.717) is 19.1 Å². The fraction of sp³-hybridized carbons (Fsp3) is 0.833. The van der Waals surface area contributed by atoms with Gasteiger partial charge in [0.15, 0.2) is 0 Å². The van der Waals surface area contributed by atoms with Crippen LogP contribution in [0, 0.1) is 5.92 Å². The Kier molecular flexibility index (Phi) is 3.99. The highest BCUT2D eigenvalue weighted by molar-refractivity contribution is 5.79. The molecule has 0 radical (unpaired) electrons. The van der Waals surface area contributed by atoms with E-state index in [2.05, 4.69) is 5.32 Å². The van der Waals surface area contributed by atoms with Crippen LogP contribution in [-0.4, -0.2) is 47.6 Å². The maximum atomic E-state index is 11.9. The number of amides is 1. The molecular weight excluding hydrogens is 220 g/mol. The van der Waals surface area contributed by atoms with Gasteiger partial charge < -0.3 is 15.3 Å². The molecule has 0 spiro atoms. The molecule has 2 N–H and O–H groups in total. The van der Waals surface area contributed by atoms with Gasteiger partial charge in [0.1, 0.15) is 0 Å². The zero-order chi connectivity index (χ0) is 12.3. The van der Waals surface area contributed by atoms with Crippen molar-refractivity contribution in [2.75, 3.05) is 19.6 Å². The topological polar surface area (TPSA) is 69.6 Å². The minimum Gasteiger partial charge on any atom is -0.481 e. The summed E-state index contributed by atoms with van der Waals surface area (Å²) in [6.07, 6.45) is 4.63. The molecule has 0 aromatic heterocycles. The summed E-state index contributed by atoms with van der Waals surface area (Å²) in [5, 5.41) is 11.8. The fourth-order valence-electron chi connectivity index (χ4n) is 1.92. The molecule has 0 unspecified atom stereocenters. The summed E-state index contributed by atoms with van der Waals surface area (Å²) in [6, 6.07) is 0.296. The average Bonchev–Trinajstić information content (AvgIpc) is 3.12. The summed E-state index contributed by atoms with van der Waals surface area (Å²) in [4.78, 5) is 24.2. The maximum absolute atomic E-state index is 11.9. The summed E-state index contributed by atoms with van der Waals surface area (Å²) in [5.41, 5.74) is 0. The van der Waals surface area contributed by atoms with Crippen molar-refractivity contribution in [1.82, 2.24) is 10.2 Å². The molecule has 0 bridgehead atoms. The minimum absolute atomic E-state index is 0.0465. The largest absolute Gasteiger partial charge is 0.481 e. The molecule has 2 aliphatic rings. The third-order valence-corrected chi connectivity index (χ3v) is 3.28. The van der Waals surface area contributed by atoms with Crippen molar-refractivity contribution in [3.05, 3.63) is 0 Å². The van der Waals surface area contributed by atoms with Crippen molar-refractivity contribution in [3.63, 3.8) is 0 Å². The molecule has 1 amide bonds. The molecule has 0 aromatic rings. The van der Waals surface area contributed by atoms with Crippen LogP contribution in [0.1, 0.15) is 32.1 Å². The van der Waals surface area contributed by atoms with Crippen molar-refractivity contribution in [2.45, 2.75) is 38.1 Å². The molecule has 0 saturated heterocycles. The number of aliphatic carboxylic acids is 1. The maximum Gasteiger partial charge on any atom is 0.305 e. The molecule has 5 heteroatoms. The number of rotatable bonds is 8. The zero-order valence-corrected chi connectivity index (χ0v) is 10.0. The molecule has 2 aliphatic carbocycles. The van der Waals surface area contributed by atoms with E-state index >= 15 is 0 Å². The Morgan fingerprint density at radius 1 is 1.24 bits per heavy atom. The second-order valence-corrected chi connectivity index (χ2v) is 5.04. The van der Waals surface area contributed by atoms with E-state index in [1.165, 1.54) is 12.8 Å². The van der Waals surface area contributed by atoms with Gasteiger partial charge in [-0.2, -0.15) is 0 Å². The number of hydrogen-bond donors (Lipinski definition) is 2. The van der Waals surface area contributed by atoms with E-state index in [4.69, 9.17) is 5.11 Å². The lowest BCUT2D eigenvalue weighted by molar-refractivity contribution is -0.138. The molecule has 0 aliphatic heterocycles. The van der Waals surface area contributed by atoms with E-state index in [1.54, 1.807) is 4.90 Å². The van der Waals surface area contributed by atoms with Crippen LogP contribution in [0.3, 0.4) is 0 Å². The Hall–Kier alpha value is -1.10. The smallest absolute Gasteiger partial charge is 0.305 e. The predicted octanol–water partition coefficient (Wildman–Crippen LogP) is 0.452. The molecule has 5 nitrogen and oxygen atoms in total. The standard InChI is InChI=1S/C12H20N2O3/c15-11(8-13-7-9-1-2-9)14(10-3-4-10)6-5-12(16)17/h9-10,13H,1-8H2,(H,16,17). The summed E-state index contributed by atoms with van der Waals surface area (Å²) in [7, 11) is 0. The summed E-state index contributed by atoms with van der Waals surface area (Å²) >= 11 is 0. The van der Waals surface area contributed by atoms with E-state index < -0.39 is 5.97 Å². The Balaban J connectivity index is 1.69. The first-order chi connectivity index (χ1) is 8.16. The number of carboxylic acid groups (broad SMARTS) is 1. The first kappa shape index (κ1) is 12.4. The van der Waals surface area contributed by atoms with Crippen molar-refractivity contribution < 1.29 is 14.7 Å². The third kappa shape index (κ3) is 4.34. The zero-order valence-electron chi connectivity index (χ0n) is 10.0. The van der Waals surface area contributed by atoms with Gasteiger partial charge in [-0.3, -0.25) is 9.59 Å². The van der Waals surface area contributed by atoms with Crippen molar-refractivity contribution >= 4 is 11.9 Å². The molecule has 17 heavy (non-hydrogen) atoms. The minimum atomic E-state index is -0.839. The lowest BCUT2D eigenvalue weighted by Gasteiger charge is -2.21. The lowest BCUT2D eigenvalue weighted by atomic mass is 10.3. The van der Waals surface area contributed by atoms with Gasteiger partial charge in [0.25, 0.3) is 0 Å². The van der Waals surface area contributed by atoms with Crippen LogP contribution in [0.2, 0.25) is 0 Å². The molecule has 2 rings (SSSR count). The molecule has 2 fully saturated rings. The van der Waals surface area contributed by atoms with Gasteiger partial charge in [0.05, 0.1) is 13.0 Å². The normalized spacial score (nSPS) is 19.1. The van der Waals surface area contributed by atoms with Crippen LogP contribution in [0.15, 0.2) is 0 Å². The van der Waals surface area contributed by atoms with Crippen LogP contribution in [0.5, 0.6) is 0 Å². The quantitative estimate of drug-likeness (QED) is 0.646. The number of carbonyl (C=O) groups excluding carboxylic acids is 1. The first-order valence-corrected chi connectivity index (χ1v) is 6.39. The number of carboxylic acids is 1. The molecule has 2 saturated carbocycles. The third-order valence-electron chi connectivity index (χ3n) is 3.28. The van der Waals surface area contributed by atoms with Crippen LogP contribution < -0.4 is 5.32 Å². The summed E-state index contributed by atoms with van der Waals surface area (Å²) in [6.45, 7) is 1.62. The van der Waals surface area contributed by atoms with Gasteiger partial charge in [-0.05, 0) is 38.1 Å². The highest BCUT2D eigenvalue weighted by atomic mass is 16.4. The summed E-state index contributed by atoms with van der Waals surface area (Å²) in [5.74, 6) is -0.0278. The number of nitrogens with zero attached hydrogens (tertiary/aromatic N) is 1. The Bertz CT molecular complexity index is 298. The van der Waals surface area contributed by atoms with Gasteiger partial charge in [-0.15, -0.1) is 0 Å². The predicted molar refractivity (Wildman–Crippen MR) is 62.6 cm³/mol. The highest BCUT2D eigenvalue weighted by Gasteiger charge is 2.32. The number of carbonyl (C=O) groups is 2. The Morgan fingerprint density at radius 2 is 1.94 bits per heavy atom. The van der Waals surface area contributed by atoms with Crippen LogP contribution in [0.25, 0.3) is 0 Å². The van der Waals surface area contributed by atoms with Gasteiger partial charge in [0.2, 0.25) is 5.91 Å². The van der Waals surface area contributed by atoms with Gasteiger partial charge in [-0.1, -0.05) is 0 Å². The molecule has 0 aromatic carbocycles. The Morgan fingerprint density at radius 3 is 2.47 bits per heavy atom. The van der Waals surface area contributed by atoms with Crippen molar-refractivity contribution in [1.29, 1.82) is 0 Å². The molecular formula is C12H20N2O3. The lowest BCUT2D eigenvalue weighted by Crippen LogP contribution is -2.41. The van der Waals surface area contributed by atoms with Crippen LogP contribution >= 0.6 is 0 Å². The monoisotopic (exact) mass is 240 g/mol. The van der Waals surface area contributed by atoms with E-state index in [-0.39, 0.29) is 12.3 Å². The fourth-order valence-corrected chi connectivity index (χ4v) is 1.92. The van der Waals surface area contributed by atoms with Crippen molar-refractivity contribution in [2.24, 2.45) is 5.92 Å². The van der Waals surface area contributed by atoms with Crippen LogP contribution in [0.4, 0.5) is 0 Å². The number of nitrogens with one attached hydrogen (secondary N) is 1. The van der Waals surface area contributed by atoms with Crippen molar-refractivity contribution in [3.8, 4) is 0 Å². The van der Waals surface area contributed by atoms with E-state index in [1.807, 2.05) is 0 Å². The molecule has 0 atom stereocenters. The van der Waals surface area contributed by atoms with Crippen LogP contribution in [-0.2, 0) is 9.59 Å². The average molecular weight is 240 g/mol. The first-order valence-electron chi connectivity index (χ1n) is 6.39. The molecule has 0 heterocycles. The SMILES string of the molecule is O=C(O)CCN(C(=O)CNCC1CC1)C1CC1. The van der Waals surface area contributed by atoms with E-state index in [0.717, 1.165) is 25.3 Å². The second kappa shape index (κ2) is 5.49. The number of hydrogen-bond acceptors (Lipinski definition) is 3. The van der Waals surface area contributed by atoms with Gasteiger partial charge in [0, 0.05) is 12.6 Å².